The van der Waals surface area contributed by atoms with Gasteiger partial charge in [-0.1, -0.05) is 41.9 Å². The van der Waals surface area contributed by atoms with Crippen molar-refractivity contribution in [2.75, 3.05) is 7.05 Å². The Balaban J connectivity index is 1.74. The Bertz CT molecular complexity index is 751. The van der Waals surface area contributed by atoms with Crippen molar-refractivity contribution in [2.24, 2.45) is 5.92 Å². The zero-order chi connectivity index (χ0) is 17.1. The van der Waals surface area contributed by atoms with E-state index in [1.54, 1.807) is 30.3 Å². The van der Waals surface area contributed by atoms with Gasteiger partial charge in [-0.05, 0) is 17.7 Å². The van der Waals surface area contributed by atoms with Crippen molar-refractivity contribution < 1.29 is 14.3 Å². The molecule has 6 heteroatoms. The first-order valence-electron chi connectivity index (χ1n) is 7.64. The molecule has 0 N–H and O–H groups in total. The minimum absolute atomic E-state index is 0.0370. The first-order chi connectivity index (χ1) is 11.6. The van der Waals surface area contributed by atoms with E-state index in [-0.39, 0.29) is 25.0 Å². The smallest absolute Gasteiger partial charge is 0.312 e. The Kier molecular flexibility index (Phi) is 4.81. The lowest BCUT2D eigenvalue weighted by molar-refractivity contribution is -0.151. The van der Waals surface area contributed by atoms with Crippen LogP contribution in [0.15, 0.2) is 48.7 Å². The third-order valence-corrected chi connectivity index (χ3v) is 4.41. The van der Waals surface area contributed by atoms with Gasteiger partial charge in [0.1, 0.15) is 6.61 Å². The summed E-state index contributed by atoms with van der Waals surface area (Å²) in [5, 5.41) is 0.536. The molecule has 1 amide bonds. The standard InChI is InChI=1S/C18H17ClN2O3/c1-21-16(22)10-15(17(21)12-5-3-2-4-6-12)18(23)24-11-14-9-13(19)7-8-20-14/h2-9,15,17H,10-11H2,1H3/t15-,17-/m0/s1. The summed E-state index contributed by atoms with van der Waals surface area (Å²) in [5.74, 6) is -0.987. The monoisotopic (exact) mass is 344 g/mol. The molecule has 0 saturated carbocycles. The lowest BCUT2D eigenvalue weighted by atomic mass is 9.94. The molecule has 1 aliphatic rings. The summed E-state index contributed by atoms with van der Waals surface area (Å²) >= 11 is 5.90. The summed E-state index contributed by atoms with van der Waals surface area (Å²) in [6, 6.07) is 12.5. The Labute approximate surface area is 145 Å². The van der Waals surface area contributed by atoms with E-state index in [1.807, 2.05) is 30.3 Å². The summed E-state index contributed by atoms with van der Waals surface area (Å²) in [4.78, 5) is 30.3. The van der Waals surface area contributed by atoms with Crippen LogP contribution in [0.3, 0.4) is 0 Å². The number of nitrogens with zero attached hydrogens (tertiary/aromatic N) is 2. The van der Waals surface area contributed by atoms with Crippen molar-refractivity contribution in [3.05, 3.63) is 64.9 Å². The molecular formula is C18H17ClN2O3. The second-order valence-electron chi connectivity index (χ2n) is 5.74. The van der Waals surface area contributed by atoms with Crippen LogP contribution < -0.4 is 0 Å². The second-order valence-corrected chi connectivity index (χ2v) is 6.18. The molecule has 1 aromatic heterocycles. The lowest BCUT2D eigenvalue weighted by Crippen LogP contribution is -2.27. The van der Waals surface area contributed by atoms with Gasteiger partial charge >= 0.3 is 5.97 Å². The number of esters is 1. The van der Waals surface area contributed by atoms with Crippen molar-refractivity contribution in [2.45, 2.75) is 19.1 Å². The van der Waals surface area contributed by atoms with Gasteiger partial charge < -0.3 is 9.64 Å². The molecular weight excluding hydrogens is 328 g/mol. The highest BCUT2D eigenvalue weighted by molar-refractivity contribution is 6.30. The lowest BCUT2D eigenvalue weighted by Gasteiger charge is -2.24. The molecule has 1 saturated heterocycles. The van der Waals surface area contributed by atoms with Crippen LogP contribution in [0.25, 0.3) is 0 Å². The van der Waals surface area contributed by atoms with Crippen molar-refractivity contribution in [1.82, 2.24) is 9.88 Å². The van der Waals surface area contributed by atoms with E-state index < -0.39 is 11.9 Å². The topological polar surface area (TPSA) is 59.5 Å². The molecule has 124 valence electrons. The van der Waals surface area contributed by atoms with E-state index >= 15 is 0 Å². The zero-order valence-corrected chi connectivity index (χ0v) is 13.9. The molecule has 0 aliphatic carbocycles. The van der Waals surface area contributed by atoms with Gasteiger partial charge in [-0.15, -0.1) is 0 Å². The number of pyridine rings is 1. The Hall–Kier alpha value is -2.40. The first kappa shape index (κ1) is 16.5. The molecule has 3 rings (SSSR count). The third-order valence-electron chi connectivity index (χ3n) is 4.17. The predicted octanol–water partition coefficient (Wildman–Crippen LogP) is 3.00. The van der Waals surface area contributed by atoms with Gasteiger partial charge in [0.15, 0.2) is 0 Å². The number of benzene rings is 1. The fourth-order valence-electron chi connectivity index (χ4n) is 2.97. The summed E-state index contributed by atoms with van der Waals surface area (Å²) in [6.07, 6.45) is 1.71. The van der Waals surface area contributed by atoms with Gasteiger partial charge in [-0.2, -0.15) is 0 Å². The van der Waals surface area contributed by atoms with Crippen LogP contribution in [0.2, 0.25) is 5.02 Å². The van der Waals surface area contributed by atoms with E-state index in [4.69, 9.17) is 16.3 Å². The quantitative estimate of drug-likeness (QED) is 0.800. The maximum absolute atomic E-state index is 12.5. The normalized spacial score (nSPS) is 20.2. The number of amides is 1. The van der Waals surface area contributed by atoms with E-state index in [2.05, 4.69) is 4.98 Å². The number of carbonyl (C=O) groups is 2. The van der Waals surface area contributed by atoms with Crippen LogP contribution in [0.4, 0.5) is 0 Å². The molecule has 2 atom stereocenters. The summed E-state index contributed by atoms with van der Waals surface area (Å²) in [7, 11) is 1.71. The van der Waals surface area contributed by atoms with Gasteiger partial charge in [0.05, 0.1) is 17.7 Å². The number of ether oxygens (including phenoxy) is 1. The molecule has 0 spiro atoms. The summed E-state index contributed by atoms with van der Waals surface area (Å²) < 4.78 is 5.38. The van der Waals surface area contributed by atoms with Crippen LogP contribution >= 0.6 is 11.6 Å². The number of carbonyl (C=O) groups excluding carboxylic acids is 2. The van der Waals surface area contributed by atoms with Crippen molar-refractivity contribution in [1.29, 1.82) is 0 Å². The second kappa shape index (κ2) is 7.01. The first-order valence-corrected chi connectivity index (χ1v) is 8.01. The molecule has 24 heavy (non-hydrogen) atoms. The zero-order valence-electron chi connectivity index (χ0n) is 13.2. The van der Waals surface area contributed by atoms with Gasteiger partial charge in [0, 0.05) is 24.7 Å². The molecule has 0 radical (unpaired) electrons. The number of hydrogen-bond donors (Lipinski definition) is 0. The predicted molar refractivity (Wildman–Crippen MR) is 89.1 cm³/mol. The van der Waals surface area contributed by atoms with Crippen LogP contribution in [-0.2, 0) is 20.9 Å². The van der Waals surface area contributed by atoms with Gasteiger partial charge in [0.25, 0.3) is 0 Å². The van der Waals surface area contributed by atoms with Gasteiger partial charge in [-0.3, -0.25) is 14.6 Å². The molecule has 5 nitrogen and oxygen atoms in total. The highest BCUT2D eigenvalue weighted by Gasteiger charge is 2.43. The molecule has 1 aliphatic heterocycles. The van der Waals surface area contributed by atoms with Crippen LogP contribution in [0, 0.1) is 5.92 Å². The van der Waals surface area contributed by atoms with Crippen molar-refractivity contribution in [3.63, 3.8) is 0 Å². The molecule has 1 fully saturated rings. The fraction of sp³-hybridized carbons (Fsp3) is 0.278. The average Bonchev–Trinajstić information content (AvgIpc) is 2.89. The van der Waals surface area contributed by atoms with E-state index in [9.17, 15) is 9.59 Å². The summed E-state index contributed by atoms with van der Waals surface area (Å²) in [6.45, 7) is 0.0370. The SMILES string of the molecule is CN1C(=O)C[C@H](C(=O)OCc2cc(Cl)ccn2)[C@@H]1c1ccccc1. The molecule has 0 bridgehead atoms. The largest absolute Gasteiger partial charge is 0.459 e. The molecule has 0 unspecified atom stereocenters. The van der Waals surface area contributed by atoms with Gasteiger partial charge in [-0.25, -0.2) is 0 Å². The Morgan fingerprint density at radius 1 is 1.33 bits per heavy atom. The number of aromatic nitrogens is 1. The number of halogens is 1. The third kappa shape index (κ3) is 3.41. The van der Waals surface area contributed by atoms with Crippen LogP contribution in [0.1, 0.15) is 23.7 Å². The molecule has 2 heterocycles. The Morgan fingerprint density at radius 3 is 2.79 bits per heavy atom. The molecule has 2 aromatic rings. The fourth-order valence-corrected chi connectivity index (χ4v) is 3.15. The Morgan fingerprint density at radius 2 is 2.08 bits per heavy atom. The number of rotatable bonds is 4. The number of likely N-dealkylation sites (tertiary alicyclic amines) is 1. The van der Waals surface area contributed by atoms with E-state index in [1.165, 1.54) is 0 Å². The van der Waals surface area contributed by atoms with Crippen LogP contribution in [-0.4, -0.2) is 28.8 Å². The molecule has 1 aromatic carbocycles. The maximum Gasteiger partial charge on any atom is 0.312 e. The minimum Gasteiger partial charge on any atom is -0.459 e. The van der Waals surface area contributed by atoms with Crippen molar-refractivity contribution >= 4 is 23.5 Å². The highest BCUT2D eigenvalue weighted by atomic mass is 35.5. The summed E-state index contributed by atoms with van der Waals surface area (Å²) in [5.41, 5.74) is 1.50. The highest BCUT2D eigenvalue weighted by Crippen LogP contribution is 2.37. The van der Waals surface area contributed by atoms with E-state index in [0.717, 1.165) is 5.56 Å². The number of hydrogen-bond acceptors (Lipinski definition) is 4. The maximum atomic E-state index is 12.5. The van der Waals surface area contributed by atoms with Gasteiger partial charge in [0.2, 0.25) is 5.91 Å². The van der Waals surface area contributed by atoms with Crippen LogP contribution in [0.5, 0.6) is 0 Å². The van der Waals surface area contributed by atoms with E-state index in [0.29, 0.717) is 10.7 Å². The average molecular weight is 345 g/mol. The minimum atomic E-state index is -0.524. The van der Waals surface area contributed by atoms with Crippen molar-refractivity contribution in [3.8, 4) is 0 Å².